The lowest BCUT2D eigenvalue weighted by atomic mass is 10.1. The van der Waals surface area contributed by atoms with Gasteiger partial charge in [-0.1, -0.05) is 60.9 Å². The van der Waals surface area contributed by atoms with Gasteiger partial charge in [0.2, 0.25) is 0 Å². The van der Waals surface area contributed by atoms with Crippen LogP contribution in [-0.4, -0.2) is 45.5 Å². The zero-order valence-electron chi connectivity index (χ0n) is 18.8. The second kappa shape index (κ2) is 16.8. The molecule has 0 amide bonds. The van der Waals surface area contributed by atoms with Crippen molar-refractivity contribution in [2.45, 2.75) is 103 Å². The van der Waals surface area contributed by atoms with Crippen molar-refractivity contribution in [1.29, 1.82) is 0 Å². The molecule has 5 nitrogen and oxygen atoms in total. The van der Waals surface area contributed by atoms with Crippen molar-refractivity contribution in [3.05, 3.63) is 0 Å². The fraction of sp³-hybridized carbons (Fsp3) is 0.952. The molecular weight excluding hydrogens is 440 g/mol. The SMILES string of the molecule is CCO[Si](CCCCCCCCCCCOC(=O)C(C)(C)Br)(OCC)OCC. The van der Waals surface area contributed by atoms with Gasteiger partial charge in [-0.05, 0) is 47.5 Å². The fourth-order valence-corrected chi connectivity index (χ4v) is 5.82. The monoisotopic (exact) mass is 482 g/mol. The van der Waals surface area contributed by atoms with E-state index in [2.05, 4.69) is 15.9 Å². The summed E-state index contributed by atoms with van der Waals surface area (Å²) in [7, 11) is -2.45. The number of halogens is 1. The Labute approximate surface area is 182 Å². The van der Waals surface area contributed by atoms with Crippen LogP contribution in [0, 0.1) is 0 Å². The highest BCUT2D eigenvalue weighted by Gasteiger charge is 2.39. The molecule has 0 heterocycles. The number of hydrogen-bond acceptors (Lipinski definition) is 5. The molecule has 0 rings (SSSR count). The molecule has 0 N–H and O–H groups in total. The zero-order valence-corrected chi connectivity index (χ0v) is 21.4. The molecule has 0 saturated heterocycles. The van der Waals surface area contributed by atoms with Crippen LogP contribution in [0.25, 0.3) is 0 Å². The van der Waals surface area contributed by atoms with Crippen LogP contribution in [0.3, 0.4) is 0 Å². The van der Waals surface area contributed by atoms with Gasteiger partial charge < -0.3 is 18.0 Å². The Kier molecular flexibility index (Phi) is 16.8. The smallest absolute Gasteiger partial charge is 0.465 e. The summed E-state index contributed by atoms with van der Waals surface area (Å²) in [6.45, 7) is 12.1. The van der Waals surface area contributed by atoms with E-state index in [1.54, 1.807) is 0 Å². The zero-order chi connectivity index (χ0) is 21.3. The third kappa shape index (κ3) is 14.1. The van der Waals surface area contributed by atoms with Crippen LogP contribution in [0.2, 0.25) is 6.04 Å². The van der Waals surface area contributed by atoms with Crippen molar-refractivity contribution >= 4 is 30.7 Å². The quantitative estimate of drug-likeness (QED) is 0.0939. The molecule has 0 spiro atoms. The van der Waals surface area contributed by atoms with E-state index in [9.17, 15) is 4.79 Å². The lowest BCUT2D eigenvalue weighted by Gasteiger charge is -2.28. The van der Waals surface area contributed by atoms with Crippen molar-refractivity contribution in [3.8, 4) is 0 Å². The van der Waals surface area contributed by atoms with Crippen LogP contribution in [0.4, 0.5) is 0 Å². The first kappa shape index (κ1) is 28.0. The van der Waals surface area contributed by atoms with Crippen LogP contribution >= 0.6 is 15.9 Å². The summed E-state index contributed by atoms with van der Waals surface area (Å²) in [5.74, 6) is -0.183. The third-order valence-electron chi connectivity index (χ3n) is 4.44. The largest absolute Gasteiger partial charge is 0.500 e. The number of carbonyl (C=O) groups excluding carboxylic acids is 1. The summed E-state index contributed by atoms with van der Waals surface area (Å²) in [6, 6.07) is 0.923. The average Bonchev–Trinajstić information content (AvgIpc) is 2.62. The first-order chi connectivity index (χ1) is 13.3. The minimum absolute atomic E-state index is 0.183. The second-order valence-corrected chi connectivity index (χ2v) is 12.2. The van der Waals surface area contributed by atoms with Gasteiger partial charge in [-0.3, -0.25) is 4.79 Å². The van der Waals surface area contributed by atoms with Gasteiger partial charge in [0.1, 0.15) is 4.32 Å². The molecule has 0 bridgehead atoms. The molecule has 7 heteroatoms. The van der Waals surface area contributed by atoms with Gasteiger partial charge in [-0.2, -0.15) is 0 Å². The predicted molar refractivity (Wildman–Crippen MR) is 121 cm³/mol. The van der Waals surface area contributed by atoms with Gasteiger partial charge >= 0.3 is 14.8 Å². The summed E-state index contributed by atoms with van der Waals surface area (Å²) in [5, 5.41) is 0. The van der Waals surface area contributed by atoms with Gasteiger partial charge in [0.25, 0.3) is 0 Å². The van der Waals surface area contributed by atoms with Crippen LogP contribution < -0.4 is 0 Å². The Morgan fingerprint density at radius 3 is 1.54 bits per heavy atom. The summed E-state index contributed by atoms with van der Waals surface area (Å²) in [4.78, 5) is 11.6. The van der Waals surface area contributed by atoms with Gasteiger partial charge in [0.05, 0.1) is 6.61 Å². The maximum Gasteiger partial charge on any atom is 0.500 e. The number of unbranched alkanes of at least 4 members (excludes halogenated alkanes) is 8. The lowest BCUT2D eigenvalue weighted by Crippen LogP contribution is -2.45. The molecule has 0 atom stereocenters. The fourth-order valence-electron chi connectivity index (χ4n) is 3.02. The number of carbonyl (C=O) groups is 1. The first-order valence-corrected chi connectivity index (χ1v) is 13.8. The maximum atomic E-state index is 11.6. The van der Waals surface area contributed by atoms with Crippen molar-refractivity contribution in [2.24, 2.45) is 0 Å². The normalized spacial score (nSPS) is 12.4. The standard InChI is InChI=1S/C21H43BrO5Si/c1-6-25-28(26-7-2,27-8-3)19-17-15-13-11-9-10-12-14-16-18-24-20(23)21(4,5)22/h6-19H2,1-5H3. The van der Waals surface area contributed by atoms with Crippen molar-refractivity contribution in [1.82, 2.24) is 0 Å². The molecule has 0 aliphatic heterocycles. The van der Waals surface area contributed by atoms with Crippen molar-refractivity contribution in [2.75, 3.05) is 26.4 Å². The third-order valence-corrected chi connectivity index (χ3v) is 7.91. The Balaban J connectivity index is 3.64. The number of alkyl halides is 1. The minimum atomic E-state index is -2.45. The number of hydrogen-bond donors (Lipinski definition) is 0. The summed E-state index contributed by atoms with van der Waals surface area (Å²) in [6.07, 6.45) is 10.7. The summed E-state index contributed by atoms with van der Waals surface area (Å²) < 4.78 is 22.4. The first-order valence-electron chi connectivity index (χ1n) is 11.1. The molecule has 0 saturated carbocycles. The molecular formula is C21H43BrO5Si. The highest BCUT2D eigenvalue weighted by molar-refractivity contribution is 9.10. The molecule has 0 fully saturated rings. The molecule has 0 aromatic heterocycles. The molecule has 168 valence electrons. The summed E-state index contributed by atoms with van der Waals surface area (Å²) in [5.41, 5.74) is 0. The van der Waals surface area contributed by atoms with Crippen LogP contribution in [-0.2, 0) is 22.8 Å². The van der Waals surface area contributed by atoms with E-state index in [1.165, 1.54) is 38.5 Å². The minimum Gasteiger partial charge on any atom is -0.465 e. The number of rotatable bonds is 19. The predicted octanol–water partition coefficient (Wildman–Crippen LogP) is 6.26. The Morgan fingerprint density at radius 2 is 1.14 bits per heavy atom. The summed E-state index contributed by atoms with van der Waals surface area (Å²) >= 11 is 3.31. The molecule has 0 radical (unpaired) electrons. The maximum absolute atomic E-state index is 11.6. The van der Waals surface area contributed by atoms with Gasteiger partial charge in [0.15, 0.2) is 0 Å². The van der Waals surface area contributed by atoms with Crippen LogP contribution in [0.1, 0.15) is 92.4 Å². The van der Waals surface area contributed by atoms with Gasteiger partial charge in [-0.25, -0.2) is 0 Å². The molecule has 0 unspecified atom stereocenters. The molecule has 0 aliphatic carbocycles. The Morgan fingerprint density at radius 1 is 0.750 bits per heavy atom. The van der Waals surface area contributed by atoms with Crippen LogP contribution in [0.5, 0.6) is 0 Å². The molecule has 0 aromatic carbocycles. The second-order valence-electron chi connectivity index (χ2n) is 7.52. The lowest BCUT2D eigenvalue weighted by molar-refractivity contribution is -0.145. The topological polar surface area (TPSA) is 54.0 Å². The highest BCUT2D eigenvalue weighted by atomic mass is 79.9. The van der Waals surface area contributed by atoms with Gasteiger partial charge in [-0.15, -0.1) is 0 Å². The molecule has 0 aromatic rings. The van der Waals surface area contributed by atoms with Gasteiger partial charge in [0, 0.05) is 25.9 Å². The highest BCUT2D eigenvalue weighted by Crippen LogP contribution is 2.21. The van der Waals surface area contributed by atoms with E-state index < -0.39 is 13.1 Å². The van der Waals surface area contributed by atoms with E-state index in [0.29, 0.717) is 26.4 Å². The number of esters is 1. The molecule has 28 heavy (non-hydrogen) atoms. The number of ether oxygens (including phenoxy) is 1. The van der Waals surface area contributed by atoms with E-state index >= 15 is 0 Å². The van der Waals surface area contributed by atoms with E-state index in [0.717, 1.165) is 25.3 Å². The van der Waals surface area contributed by atoms with Crippen molar-refractivity contribution < 1.29 is 22.8 Å². The van der Waals surface area contributed by atoms with Crippen LogP contribution in [0.15, 0.2) is 0 Å². The Bertz CT molecular complexity index is 370. The van der Waals surface area contributed by atoms with Crippen molar-refractivity contribution in [3.63, 3.8) is 0 Å². The van der Waals surface area contributed by atoms with E-state index in [-0.39, 0.29) is 5.97 Å². The van der Waals surface area contributed by atoms with E-state index in [4.69, 9.17) is 18.0 Å². The molecule has 0 aliphatic rings. The Hall–Kier alpha value is 0.0469. The average molecular weight is 484 g/mol. The van der Waals surface area contributed by atoms with E-state index in [1.807, 2.05) is 34.6 Å².